The van der Waals surface area contributed by atoms with Gasteiger partial charge in [0.05, 0.1) is 23.4 Å². The van der Waals surface area contributed by atoms with Crippen LogP contribution in [0.15, 0.2) is 87.4 Å². The molecule has 2 N–H and O–H groups in total. The summed E-state index contributed by atoms with van der Waals surface area (Å²) in [6.07, 6.45) is 2.74. The van der Waals surface area contributed by atoms with Gasteiger partial charge in [0, 0.05) is 6.42 Å². The molecule has 8 heteroatoms. The SMILES string of the molecule is Cc1ccc(S(=O)(=O)N[C@H](CC(=O)N/N=C\c2ccco2)c2ccccc2)cc1. The summed E-state index contributed by atoms with van der Waals surface area (Å²) in [4.78, 5) is 12.5. The monoisotopic (exact) mass is 411 g/mol. The molecule has 0 saturated heterocycles. The number of nitrogens with one attached hydrogen (secondary N) is 2. The van der Waals surface area contributed by atoms with E-state index in [1.54, 1.807) is 48.5 Å². The van der Waals surface area contributed by atoms with Crippen LogP contribution in [0.25, 0.3) is 0 Å². The van der Waals surface area contributed by atoms with Gasteiger partial charge in [-0.25, -0.2) is 18.6 Å². The van der Waals surface area contributed by atoms with Crippen LogP contribution in [0.4, 0.5) is 0 Å². The van der Waals surface area contributed by atoms with Gasteiger partial charge < -0.3 is 4.42 Å². The molecule has 0 aliphatic heterocycles. The van der Waals surface area contributed by atoms with E-state index in [1.807, 2.05) is 13.0 Å². The molecule has 0 unspecified atom stereocenters. The van der Waals surface area contributed by atoms with Crippen LogP contribution in [-0.4, -0.2) is 20.5 Å². The number of hydrazone groups is 1. The molecular weight excluding hydrogens is 390 g/mol. The molecule has 1 heterocycles. The second-order valence-corrected chi connectivity index (χ2v) is 8.12. The Morgan fingerprint density at radius 3 is 2.45 bits per heavy atom. The van der Waals surface area contributed by atoms with E-state index < -0.39 is 22.0 Å². The molecule has 0 aliphatic rings. The van der Waals surface area contributed by atoms with Gasteiger partial charge in [-0.15, -0.1) is 0 Å². The number of furan rings is 1. The van der Waals surface area contributed by atoms with Crippen LogP contribution in [0.1, 0.15) is 29.3 Å². The number of carbonyl (C=O) groups excluding carboxylic acids is 1. The molecule has 3 aromatic rings. The minimum absolute atomic E-state index is 0.120. The van der Waals surface area contributed by atoms with Gasteiger partial charge in [0.1, 0.15) is 5.76 Å². The Labute approximate surface area is 169 Å². The van der Waals surface area contributed by atoms with Crippen LogP contribution in [-0.2, 0) is 14.8 Å². The summed E-state index contributed by atoms with van der Waals surface area (Å²) in [5, 5.41) is 3.83. The van der Waals surface area contributed by atoms with Crippen LogP contribution >= 0.6 is 0 Å². The highest BCUT2D eigenvalue weighted by atomic mass is 32.2. The highest BCUT2D eigenvalue weighted by Crippen LogP contribution is 2.20. The molecule has 0 aliphatic carbocycles. The van der Waals surface area contributed by atoms with Crippen molar-refractivity contribution < 1.29 is 17.6 Å². The summed E-state index contributed by atoms with van der Waals surface area (Å²) in [6.45, 7) is 1.88. The number of amides is 1. The normalized spacial score (nSPS) is 12.7. The summed E-state index contributed by atoms with van der Waals surface area (Å²) in [7, 11) is -3.81. The van der Waals surface area contributed by atoms with Crippen molar-refractivity contribution in [2.75, 3.05) is 0 Å². The predicted octanol–water partition coefficient (Wildman–Crippen LogP) is 3.15. The molecule has 1 atom stereocenters. The lowest BCUT2D eigenvalue weighted by Crippen LogP contribution is -2.32. The van der Waals surface area contributed by atoms with Crippen LogP contribution in [0, 0.1) is 6.92 Å². The average molecular weight is 411 g/mol. The molecule has 0 radical (unpaired) electrons. The molecule has 150 valence electrons. The first-order valence-corrected chi connectivity index (χ1v) is 10.4. The second kappa shape index (κ2) is 9.31. The number of nitrogens with zero attached hydrogens (tertiary/aromatic N) is 1. The third-order valence-electron chi connectivity index (χ3n) is 4.14. The van der Waals surface area contributed by atoms with Crippen LogP contribution in [0.5, 0.6) is 0 Å². The maximum absolute atomic E-state index is 12.8. The molecule has 0 fully saturated rings. The Hall–Kier alpha value is -3.23. The highest BCUT2D eigenvalue weighted by molar-refractivity contribution is 7.89. The lowest BCUT2D eigenvalue weighted by molar-refractivity contribution is -0.121. The smallest absolute Gasteiger partial charge is 0.242 e. The van der Waals surface area contributed by atoms with Crippen LogP contribution in [0.2, 0.25) is 0 Å². The molecule has 0 spiro atoms. The van der Waals surface area contributed by atoms with Gasteiger partial charge in [-0.1, -0.05) is 48.0 Å². The average Bonchev–Trinajstić information content (AvgIpc) is 3.22. The van der Waals surface area contributed by atoms with Gasteiger partial charge >= 0.3 is 0 Å². The van der Waals surface area contributed by atoms with Crippen molar-refractivity contribution in [3.05, 3.63) is 89.9 Å². The first-order chi connectivity index (χ1) is 13.9. The third-order valence-corrected chi connectivity index (χ3v) is 5.63. The largest absolute Gasteiger partial charge is 0.463 e. The van der Waals surface area contributed by atoms with Crippen LogP contribution in [0.3, 0.4) is 0 Å². The topological polar surface area (TPSA) is 101 Å². The lowest BCUT2D eigenvalue weighted by Gasteiger charge is -2.18. The third kappa shape index (κ3) is 5.87. The van der Waals surface area contributed by atoms with Gasteiger partial charge in [-0.05, 0) is 36.8 Å². The van der Waals surface area contributed by atoms with Gasteiger partial charge in [-0.3, -0.25) is 4.79 Å². The van der Waals surface area contributed by atoms with Gasteiger partial charge in [-0.2, -0.15) is 5.10 Å². The van der Waals surface area contributed by atoms with Crippen molar-refractivity contribution >= 4 is 22.1 Å². The molecule has 1 aromatic heterocycles. The number of sulfonamides is 1. The van der Waals surface area contributed by atoms with E-state index in [9.17, 15) is 13.2 Å². The van der Waals surface area contributed by atoms with E-state index in [2.05, 4.69) is 15.2 Å². The van der Waals surface area contributed by atoms with Gasteiger partial charge in [0.2, 0.25) is 15.9 Å². The molecule has 0 bridgehead atoms. The molecule has 3 rings (SSSR count). The maximum Gasteiger partial charge on any atom is 0.242 e. The van der Waals surface area contributed by atoms with E-state index in [4.69, 9.17) is 4.42 Å². The standard InChI is InChI=1S/C21H21N3O4S/c1-16-9-11-19(12-10-16)29(26,27)24-20(17-6-3-2-4-7-17)14-21(25)23-22-15-18-8-5-13-28-18/h2-13,15,20,24H,14H2,1H3,(H,23,25)/b22-15-/t20-/m1/s1. The number of benzene rings is 2. The van der Waals surface area contributed by atoms with E-state index in [1.165, 1.54) is 24.6 Å². The zero-order valence-electron chi connectivity index (χ0n) is 15.8. The number of hydrogen-bond donors (Lipinski definition) is 2. The number of hydrogen-bond acceptors (Lipinski definition) is 5. The van der Waals surface area contributed by atoms with Crippen molar-refractivity contribution in [1.82, 2.24) is 10.1 Å². The van der Waals surface area contributed by atoms with E-state index in [0.717, 1.165) is 5.56 Å². The molecule has 0 saturated carbocycles. The molecule has 2 aromatic carbocycles. The first kappa shape index (κ1) is 20.5. The first-order valence-electron chi connectivity index (χ1n) is 8.93. The van der Waals surface area contributed by atoms with Crippen molar-refractivity contribution in [3.63, 3.8) is 0 Å². The Kier molecular flexibility index (Phi) is 6.58. The molecule has 1 amide bonds. The number of rotatable bonds is 8. The van der Waals surface area contributed by atoms with Crippen molar-refractivity contribution in [1.29, 1.82) is 0 Å². The Bertz CT molecular complexity index is 1060. The fourth-order valence-corrected chi connectivity index (χ4v) is 3.87. The lowest BCUT2D eigenvalue weighted by atomic mass is 10.0. The Morgan fingerprint density at radius 1 is 1.07 bits per heavy atom. The Balaban J connectivity index is 1.74. The highest BCUT2D eigenvalue weighted by Gasteiger charge is 2.23. The van der Waals surface area contributed by atoms with E-state index in [0.29, 0.717) is 11.3 Å². The van der Waals surface area contributed by atoms with Crippen molar-refractivity contribution in [2.45, 2.75) is 24.3 Å². The second-order valence-electron chi connectivity index (χ2n) is 6.41. The number of carbonyl (C=O) groups is 1. The summed E-state index contributed by atoms with van der Waals surface area (Å²) in [6, 6.07) is 18.1. The summed E-state index contributed by atoms with van der Waals surface area (Å²) in [5.41, 5.74) is 4.02. The molecular formula is C21H21N3O4S. The quantitative estimate of drug-likeness (QED) is 0.439. The van der Waals surface area contributed by atoms with E-state index >= 15 is 0 Å². The zero-order valence-corrected chi connectivity index (χ0v) is 16.6. The summed E-state index contributed by atoms with van der Waals surface area (Å²) < 4.78 is 33.3. The maximum atomic E-state index is 12.8. The predicted molar refractivity (Wildman–Crippen MR) is 110 cm³/mol. The van der Waals surface area contributed by atoms with Gasteiger partial charge in [0.25, 0.3) is 0 Å². The van der Waals surface area contributed by atoms with E-state index in [-0.39, 0.29) is 11.3 Å². The summed E-state index contributed by atoms with van der Waals surface area (Å²) >= 11 is 0. The molecule has 29 heavy (non-hydrogen) atoms. The molecule has 7 nitrogen and oxygen atoms in total. The fraction of sp³-hybridized carbons (Fsp3) is 0.143. The van der Waals surface area contributed by atoms with Crippen LogP contribution < -0.4 is 10.1 Å². The minimum Gasteiger partial charge on any atom is -0.463 e. The van der Waals surface area contributed by atoms with Crippen molar-refractivity contribution in [3.8, 4) is 0 Å². The zero-order chi connectivity index (χ0) is 20.7. The summed E-state index contributed by atoms with van der Waals surface area (Å²) in [5.74, 6) is 0.0539. The fourth-order valence-electron chi connectivity index (χ4n) is 2.65. The van der Waals surface area contributed by atoms with Crippen molar-refractivity contribution in [2.24, 2.45) is 5.10 Å². The number of aryl methyl sites for hydroxylation is 1. The minimum atomic E-state index is -3.81. The Morgan fingerprint density at radius 2 is 1.79 bits per heavy atom. The van der Waals surface area contributed by atoms with Gasteiger partial charge in [0.15, 0.2) is 0 Å².